The second-order valence-corrected chi connectivity index (χ2v) is 14.7. The van der Waals surface area contributed by atoms with Crippen molar-refractivity contribution in [3.63, 3.8) is 0 Å². The van der Waals surface area contributed by atoms with Crippen molar-refractivity contribution in [1.82, 2.24) is 5.16 Å². The first-order valence-electron chi connectivity index (χ1n) is 16.4. The van der Waals surface area contributed by atoms with E-state index in [1.54, 1.807) is 0 Å². The summed E-state index contributed by atoms with van der Waals surface area (Å²) in [6.07, 6.45) is 20.7. The number of ether oxygens (including phenoxy) is 2. The van der Waals surface area contributed by atoms with Gasteiger partial charge in [0.05, 0.1) is 59.4 Å². The van der Waals surface area contributed by atoms with Gasteiger partial charge < -0.3 is 32.5 Å². The zero-order valence-corrected chi connectivity index (χ0v) is 28.3. The third kappa shape index (κ3) is 21.6. The molecule has 1 aromatic rings. The van der Waals surface area contributed by atoms with E-state index in [2.05, 4.69) is 12.1 Å². The summed E-state index contributed by atoms with van der Waals surface area (Å²) in [4.78, 5) is 12.4. The number of hydrogen-bond donors (Lipinski definition) is 0. The summed E-state index contributed by atoms with van der Waals surface area (Å²) in [5.74, 6) is 0.730. The Kier molecular flexibility index (Phi) is 21.2. The van der Waals surface area contributed by atoms with Crippen LogP contribution in [0.5, 0.6) is 0 Å². The summed E-state index contributed by atoms with van der Waals surface area (Å²) in [6, 6.07) is 0. The standard InChI is InChI=1S/C32H63N2O6P/c1-7-8-9-10-11-12-13-14-15-16-17-18-19-20-21-22-24-38-31(26-37-28-32-29(2)33-40-30(32)3)27-39-41(35,36)25-23-34(4,5)6/h31H,7-28H2,1-6H3. The van der Waals surface area contributed by atoms with E-state index in [9.17, 15) is 9.46 Å². The summed E-state index contributed by atoms with van der Waals surface area (Å²) in [6.45, 7) is 7.64. The quantitative estimate of drug-likeness (QED) is 0.0550. The van der Waals surface area contributed by atoms with Gasteiger partial charge in [0.2, 0.25) is 0 Å². The Labute approximate surface area is 252 Å². The van der Waals surface area contributed by atoms with Crippen LogP contribution in [0.4, 0.5) is 0 Å². The molecule has 8 nitrogen and oxygen atoms in total. The average molecular weight is 603 g/mol. The van der Waals surface area contributed by atoms with Gasteiger partial charge in [0, 0.05) is 12.2 Å². The first-order chi connectivity index (χ1) is 19.5. The summed E-state index contributed by atoms with van der Waals surface area (Å²) in [5.41, 5.74) is 1.72. The number of nitrogens with zero attached hydrogens (tertiary/aromatic N) is 2. The third-order valence-corrected chi connectivity index (χ3v) is 8.87. The van der Waals surface area contributed by atoms with Gasteiger partial charge >= 0.3 is 0 Å². The van der Waals surface area contributed by atoms with Gasteiger partial charge in [-0.25, -0.2) is 0 Å². The lowest BCUT2D eigenvalue weighted by Crippen LogP contribution is -2.38. The smallest absolute Gasteiger partial charge is 0.140 e. The van der Waals surface area contributed by atoms with E-state index >= 15 is 0 Å². The number of hydrogen-bond acceptors (Lipinski definition) is 7. The number of rotatable bonds is 28. The van der Waals surface area contributed by atoms with Crippen LogP contribution in [-0.4, -0.2) is 69.4 Å². The monoisotopic (exact) mass is 602 g/mol. The Morgan fingerprint density at radius 1 is 0.829 bits per heavy atom. The van der Waals surface area contributed by atoms with E-state index in [-0.39, 0.29) is 19.4 Å². The zero-order valence-electron chi connectivity index (χ0n) is 27.4. The highest BCUT2D eigenvalue weighted by atomic mass is 31.2. The van der Waals surface area contributed by atoms with Gasteiger partial charge in [-0.2, -0.15) is 0 Å². The summed E-state index contributed by atoms with van der Waals surface area (Å²) < 4.78 is 35.5. The van der Waals surface area contributed by atoms with Crippen LogP contribution in [0.15, 0.2) is 4.52 Å². The maximum Gasteiger partial charge on any atom is 0.140 e. The van der Waals surface area contributed by atoms with Crippen LogP contribution < -0.4 is 4.89 Å². The lowest BCUT2D eigenvalue weighted by Gasteiger charge is -2.30. The van der Waals surface area contributed by atoms with E-state index in [1.165, 1.54) is 89.9 Å². The minimum absolute atomic E-state index is 0.00226. The topological polar surface area (TPSA) is 93.8 Å². The molecule has 9 heteroatoms. The van der Waals surface area contributed by atoms with Gasteiger partial charge in [-0.3, -0.25) is 0 Å². The largest absolute Gasteiger partial charge is 0.778 e. The van der Waals surface area contributed by atoms with Crippen LogP contribution in [0.3, 0.4) is 0 Å². The highest BCUT2D eigenvalue weighted by Crippen LogP contribution is 2.37. The number of quaternary nitrogens is 1. The lowest BCUT2D eigenvalue weighted by atomic mass is 10.0. The minimum Gasteiger partial charge on any atom is -0.778 e. The van der Waals surface area contributed by atoms with Crippen LogP contribution in [0.25, 0.3) is 0 Å². The molecular weight excluding hydrogens is 539 g/mol. The van der Waals surface area contributed by atoms with Crippen LogP contribution in [-0.2, 0) is 25.2 Å². The molecule has 1 heterocycles. The molecule has 41 heavy (non-hydrogen) atoms. The molecule has 0 aromatic carbocycles. The molecule has 0 amide bonds. The molecule has 2 unspecified atom stereocenters. The maximum absolute atomic E-state index is 12.4. The molecule has 0 aliphatic heterocycles. The van der Waals surface area contributed by atoms with Gasteiger partial charge in [-0.1, -0.05) is 108 Å². The molecule has 242 valence electrons. The fourth-order valence-electron chi connectivity index (χ4n) is 4.73. The second-order valence-electron chi connectivity index (χ2n) is 12.8. The molecule has 0 saturated carbocycles. The predicted octanol–water partition coefficient (Wildman–Crippen LogP) is 7.73. The van der Waals surface area contributed by atoms with Gasteiger partial charge in [0.25, 0.3) is 0 Å². The molecule has 1 aromatic heterocycles. The molecular formula is C32H63N2O6P. The Hall–Kier alpha value is -0.760. The van der Waals surface area contributed by atoms with Crippen molar-refractivity contribution in [2.75, 3.05) is 53.7 Å². The van der Waals surface area contributed by atoms with Crippen LogP contribution in [0, 0.1) is 13.8 Å². The lowest BCUT2D eigenvalue weighted by molar-refractivity contribution is -0.868. The summed E-state index contributed by atoms with van der Waals surface area (Å²) >= 11 is 0. The van der Waals surface area contributed by atoms with Gasteiger partial charge in [-0.15, -0.1) is 0 Å². The third-order valence-electron chi connectivity index (χ3n) is 7.58. The second kappa shape index (κ2) is 22.7. The average Bonchev–Trinajstić information content (AvgIpc) is 3.24. The molecule has 2 atom stereocenters. The molecule has 0 bridgehead atoms. The maximum atomic E-state index is 12.4. The molecule has 0 radical (unpaired) electrons. The molecule has 0 aliphatic rings. The van der Waals surface area contributed by atoms with Crippen molar-refractivity contribution in [3.8, 4) is 0 Å². The Morgan fingerprint density at radius 2 is 1.34 bits per heavy atom. The SMILES string of the molecule is CCCCCCCCCCCCCCCCCCOC(COCc1c(C)noc1C)COP(=O)([O-])CC[N+](C)(C)C. The predicted molar refractivity (Wildman–Crippen MR) is 166 cm³/mol. The number of aromatic nitrogens is 1. The first kappa shape index (κ1) is 38.3. The van der Waals surface area contributed by atoms with Crippen molar-refractivity contribution >= 4 is 7.60 Å². The fourth-order valence-corrected chi connectivity index (χ4v) is 6.10. The van der Waals surface area contributed by atoms with Crippen molar-refractivity contribution in [2.45, 2.75) is 136 Å². The van der Waals surface area contributed by atoms with Crippen LogP contribution in [0.2, 0.25) is 0 Å². The number of aryl methyl sites for hydroxylation is 2. The first-order valence-corrected chi connectivity index (χ1v) is 18.1. The van der Waals surface area contributed by atoms with Gasteiger partial charge in [0.1, 0.15) is 19.5 Å². The summed E-state index contributed by atoms with van der Waals surface area (Å²) in [7, 11) is 1.95. The van der Waals surface area contributed by atoms with E-state index in [0.29, 0.717) is 24.2 Å². The Bertz CT molecular complexity index is 791. The van der Waals surface area contributed by atoms with Gasteiger partial charge in [-0.05, 0) is 20.3 Å². The Morgan fingerprint density at radius 3 is 1.80 bits per heavy atom. The normalized spacial score (nSPS) is 14.4. The van der Waals surface area contributed by atoms with E-state index < -0.39 is 13.7 Å². The molecule has 0 aliphatic carbocycles. The molecule has 0 fully saturated rings. The van der Waals surface area contributed by atoms with Crippen LogP contribution >= 0.6 is 7.60 Å². The molecule has 0 N–H and O–H groups in total. The minimum atomic E-state index is -3.94. The zero-order chi connectivity index (χ0) is 30.4. The van der Waals surface area contributed by atoms with Crippen molar-refractivity contribution in [2.24, 2.45) is 0 Å². The summed E-state index contributed by atoms with van der Waals surface area (Å²) in [5, 5.41) is 3.96. The van der Waals surface area contributed by atoms with Gasteiger partial charge in [0.15, 0.2) is 0 Å². The number of unbranched alkanes of at least 4 members (excludes halogenated alkanes) is 15. The van der Waals surface area contributed by atoms with Crippen LogP contribution in [0.1, 0.15) is 127 Å². The molecule has 1 rings (SSSR count). The Balaban J connectivity index is 2.21. The highest BCUT2D eigenvalue weighted by molar-refractivity contribution is 7.51. The van der Waals surface area contributed by atoms with E-state index in [4.69, 9.17) is 18.5 Å². The van der Waals surface area contributed by atoms with E-state index in [0.717, 1.165) is 29.9 Å². The van der Waals surface area contributed by atoms with Crippen molar-refractivity contribution < 1.29 is 32.5 Å². The highest BCUT2D eigenvalue weighted by Gasteiger charge is 2.19. The van der Waals surface area contributed by atoms with Crippen molar-refractivity contribution in [3.05, 3.63) is 17.0 Å². The van der Waals surface area contributed by atoms with E-state index in [1.807, 2.05) is 35.0 Å². The molecule has 0 saturated heterocycles. The molecule has 0 spiro atoms. The van der Waals surface area contributed by atoms with Crippen molar-refractivity contribution in [1.29, 1.82) is 0 Å². The fraction of sp³-hybridized carbons (Fsp3) is 0.906.